The molecule has 1 atom stereocenters. The van der Waals surface area contributed by atoms with Gasteiger partial charge in [-0.15, -0.1) is 0 Å². The standard InChI is InChI=1S/C15H15ClN2O3/c1-21-15(20)12-7-3-6-11-13(16)17-14(18(11)12)9-4-2-5-10(19)8-9/h2,4-5,8,12,19H,3,6-7H2,1H3. The van der Waals surface area contributed by atoms with Gasteiger partial charge in [0.2, 0.25) is 0 Å². The fourth-order valence-electron chi connectivity index (χ4n) is 2.80. The predicted molar refractivity (Wildman–Crippen MR) is 78.3 cm³/mol. The molecule has 110 valence electrons. The van der Waals surface area contributed by atoms with Crippen molar-refractivity contribution < 1.29 is 14.6 Å². The Morgan fingerprint density at radius 2 is 2.33 bits per heavy atom. The fraction of sp³-hybridized carbons (Fsp3) is 0.333. The van der Waals surface area contributed by atoms with Gasteiger partial charge in [0.05, 0.1) is 12.8 Å². The Balaban J connectivity index is 2.17. The summed E-state index contributed by atoms with van der Waals surface area (Å²) in [5.41, 5.74) is 1.57. The third-order valence-corrected chi connectivity index (χ3v) is 4.04. The first-order valence-corrected chi connectivity index (χ1v) is 7.13. The van der Waals surface area contributed by atoms with Gasteiger partial charge in [-0.05, 0) is 31.4 Å². The summed E-state index contributed by atoms with van der Waals surface area (Å²) >= 11 is 6.22. The molecule has 2 aromatic rings. The van der Waals surface area contributed by atoms with Gasteiger partial charge in [-0.2, -0.15) is 0 Å². The van der Waals surface area contributed by atoms with Crippen LogP contribution in [0.25, 0.3) is 11.4 Å². The second-order valence-corrected chi connectivity index (χ2v) is 5.38. The predicted octanol–water partition coefficient (Wildman–Crippen LogP) is 2.96. The van der Waals surface area contributed by atoms with Crippen LogP contribution in [0.4, 0.5) is 0 Å². The zero-order valence-electron chi connectivity index (χ0n) is 11.5. The number of nitrogens with zero attached hydrogens (tertiary/aromatic N) is 2. The molecule has 0 saturated carbocycles. The monoisotopic (exact) mass is 306 g/mol. The van der Waals surface area contributed by atoms with E-state index in [9.17, 15) is 9.90 Å². The van der Waals surface area contributed by atoms with E-state index in [4.69, 9.17) is 16.3 Å². The number of phenols is 1. The Hall–Kier alpha value is -2.01. The molecule has 3 rings (SSSR count). The fourth-order valence-corrected chi connectivity index (χ4v) is 3.06. The van der Waals surface area contributed by atoms with Gasteiger partial charge in [-0.3, -0.25) is 0 Å². The number of hydrogen-bond acceptors (Lipinski definition) is 4. The van der Waals surface area contributed by atoms with Crippen LogP contribution < -0.4 is 0 Å². The number of imidazole rings is 1. The molecule has 1 unspecified atom stereocenters. The molecule has 1 aliphatic heterocycles. The molecular weight excluding hydrogens is 292 g/mol. The normalized spacial score (nSPS) is 17.3. The van der Waals surface area contributed by atoms with Crippen molar-refractivity contribution in [2.75, 3.05) is 7.11 Å². The van der Waals surface area contributed by atoms with Crippen molar-refractivity contribution in [3.8, 4) is 17.1 Å². The Kier molecular flexibility index (Phi) is 3.59. The van der Waals surface area contributed by atoms with Gasteiger partial charge in [0.1, 0.15) is 17.6 Å². The molecular formula is C15H15ClN2O3. The lowest BCUT2D eigenvalue weighted by molar-refractivity contribution is -0.145. The summed E-state index contributed by atoms with van der Waals surface area (Å²) in [6.07, 6.45) is 2.33. The summed E-state index contributed by atoms with van der Waals surface area (Å²) in [5.74, 6) is 0.429. The van der Waals surface area contributed by atoms with Crippen LogP contribution >= 0.6 is 11.6 Å². The Morgan fingerprint density at radius 1 is 1.52 bits per heavy atom. The average Bonchev–Trinajstić information content (AvgIpc) is 2.84. The van der Waals surface area contributed by atoms with E-state index in [-0.39, 0.29) is 11.7 Å². The van der Waals surface area contributed by atoms with E-state index in [1.54, 1.807) is 18.2 Å². The van der Waals surface area contributed by atoms with Crippen molar-refractivity contribution in [3.05, 3.63) is 35.1 Å². The molecule has 1 aromatic carbocycles. The minimum Gasteiger partial charge on any atom is -0.508 e. The topological polar surface area (TPSA) is 64.3 Å². The smallest absolute Gasteiger partial charge is 0.328 e. The molecule has 0 aliphatic carbocycles. The van der Waals surface area contributed by atoms with E-state index < -0.39 is 6.04 Å². The summed E-state index contributed by atoms with van der Waals surface area (Å²) in [6, 6.07) is 6.33. The minimum absolute atomic E-state index is 0.145. The number of hydrogen-bond donors (Lipinski definition) is 1. The molecule has 0 fully saturated rings. The van der Waals surface area contributed by atoms with Crippen molar-refractivity contribution in [2.45, 2.75) is 25.3 Å². The number of rotatable bonds is 2. The second kappa shape index (κ2) is 5.41. The Bertz CT molecular complexity index is 696. The Morgan fingerprint density at radius 3 is 3.05 bits per heavy atom. The van der Waals surface area contributed by atoms with Crippen LogP contribution in [-0.4, -0.2) is 27.7 Å². The molecule has 0 saturated heterocycles. The summed E-state index contributed by atoms with van der Waals surface area (Å²) in [6.45, 7) is 0. The average molecular weight is 307 g/mol. The molecule has 5 nitrogen and oxygen atoms in total. The number of ether oxygens (including phenoxy) is 1. The lowest BCUT2D eigenvalue weighted by atomic mass is 10.0. The molecule has 0 radical (unpaired) electrons. The van der Waals surface area contributed by atoms with Gasteiger partial charge in [0.25, 0.3) is 0 Å². The number of phenolic OH excluding ortho intramolecular Hbond substituents is 1. The zero-order valence-corrected chi connectivity index (χ0v) is 12.3. The molecule has 6 heteroatoms. The first-order valence-electron chi connectivity index (χ1n) is 6.75. The van der Waals surface area contributed by atoms with Crippen LogP contribution in [-0.2, 0) is 16.0 Å². The number of carbonyl (C=O) groups is 1. The quantitative estimate of drug-likeness (QED) is 0.866. The van der Waals surface area contributed by atoms with Gasteiger partial charge in [-0.1, -0.05) is 23.7 Å². The van der Waals surface area contributed by atoms with Gasteiger partial charge in [-0.25, -0.2) is 9.78 Å². The van der Waals surface area contributed by atoms with Crippen molar-refractivity contribution in [1.82, 2.24) is 9.55 Å². The maximum Gasteiger partial charge on any atom is 0.328 e. The Labute approximate surface area is 127 Å². The molecule has 21 heavy (non-hydrogen) atoms. The summed E-state index contributed by atoms with van der Waals surface area (Å²) in [5, 5.41) is 10.0. The zero-order chi connectivity index (χ0) is 15.0. The van der Waals surface area contributed by atoms with Gasteiger partial charge in [0.15, 0.2) is 5.15 Å². The lowest BCUT2D eigenvalue weighted by Crippen LogP contribution is -2.26. The van der Waals surface area contributed by atoms with Crippen molar-refractivity contribution in [1.29, 1.82) is 0 Å². The van der Waals surface area contributed by atoms with E-state index >= 15 is 0 Å². The highest BCUT2D eigenvalue weighted by Crippen LogP contribution is 2.36. The highest BCUT2D eigenvalue weighted by molar-refractivity contribution is 6.30. The molecule has 0 bridgehead atoms. The lowest BCUT2D eigenvalue weighted by Gasteiger charge is -2.25. The molecule has 1 aromatic heterocycles. The maximum absolute atomic E-state index is 12.0. The van der Waals surface area contributed by atoms with E-state index in [2.05, 4.69) is 4.98 Å². The van der Waals surface area contributed by atoms with Crippen molar-refractivity contribution in [2.24, 2.45) is 0 Å². The van der Waals surface area contributed by atoms with Crippen LogP contribution in [0, 0.1) is 0 Å². The maximum atomic E-state index is 12.0. The number of methoxy groups -OCH3 is 1. The van der Waals surface area contributed by atoms with Crippen LogP contribution in [0.5, 0.6) is 5.75 Å². The molecule has 0 spiro atoms. The third kappa shape index (κ3) is 2.38. The second-order valence-electron chi connectivity index (χ2n) is 5.02. The molecule has 0 amide bonds. The summed E-state index contributed by atoms with van der Waals surface area (Å²) in [4.78, 5) is 16.4. The number of aromatic hydroxyl groups is 1. The van der Waals surface area contributed by atoms with Crippen molar-refractivity contribution in [3.63, 3.8) is 0 Å². The van der Waals surface area contributed by atoms with Gasteiger partial charge < -0.3 is 14.4 Å². The minimum atomic E-state index is -0.420. The first-order chi connectivity index (χ1) is 10.1. The number of aromatic nitrogens is 2. The SMILES string of the molecule is COC(=O)C1CCCc2c(Cl)nc(-c3cccc(O)c3)n21. The molecule has 1 N–H and O–H groups in total. The van der Waals surface area contributed by atoms with E-state index in [1.165, 1.54) is 7.11 Å². The van der Waals surface area contributed by atoms with Crippen LogP contribution in [0.1, 0.15) is 24.6 Å². The number of esters is 1. The van der Waals surface area contributed by atoms with Crippen molar-refractivity contribution >= 4 is 17.6 Å². The van der Waals surface area contributed by atoms with E-state index in [0.29, 0.717) is 17.4 Å². The number of fused-ring (bicyclic) bond motifs is 1. The van der Waals surface area contributed by atoms with E-state index in [0.717, 1.165) is 24.1 Å². The van der Waals surface area contributed by atoms with Crippen LogP contribution in [0.3, 0.4) is 0 Å². The number of halogens is 1. The van der Waals surface area contributed by atoms with Gasteiger partial charge >= 0.3 is 5.97 Å². The van der Waals surface area contributed by atoms with Crippen LogP contribution in [0.15, 0.2) is 24.3 Å². The highest BCUT2D eigenvalue weighted by atomic mass is 35.5. The number of carbonyl (C=O) groups excluding carboxylic acids is 1. The van der Waals surface area contributed by atoms with Crippen LogP contribution in [0.2, 0.25) is 5.15 Å². The third-order valence-electron chi connectivity index (χ3n) is 3.74. The largest absolute Gasteiger partial charge is 0.508 e. The number of benzene rings is 1. The van der Waals surface area contributed by atoms with E-state index in [1.807, 2.05) is 10.6 Å². The first kappa shape index (κ1) is 13.9. The van der Waals surface area contributed by atoms with Gasteiger partial charge in [0, 0.05) is 5.56 Å². The summed E-state index contributed by atoms with van der Waals surface area (Å²) in [7, 11) is 1.38. The molecule has 2 heterocycles. The summed E-state index contributed by atoms with van der Waals surface area (Å²) < 4.78 is 6.73. The molecule has 1 aliphatic rings. The highest BCUT2D eigenvalue weighted by Gasteiger charge is 2.32.